The van der Waals surface area contributed by atoms with Gasteiger partial charge < -0.3 is 0 Å². The molecule has 9 heavy (non-hydrogen) atoms. The van der Waals surface area contributed by atoms with Gasteiger partial charge in [0.1, 0.15) is 0 Å². The van der Waals surface area contributed by atoms with Gasteiger partial charge in [-0.05, 0) is 0 Å². The predicted molar refractivity (Wildman–Crippen MR) is 42.6 cm³/mol. The first-order chi connectivity index (χ1) is 4.04. The van der Waals surface area contributed by atoms with Crippen LogP contribution in [0.5, 0.6) is 0 Å². The molecule has 1 amide bonds. The maximum Gasteiger partial charge on any atom is 0.249 e. The van der Waals surface area contributed by atoms with Crippen molar-refractivity contribution < 1.29 is 10.0 Å². The molecule has 3 nitrogen and oxygen atoms in total. The third kappa shape index (κ3) is 2.49. The van der Waals surface area contributed by atoms with Crippen molar-refractivity contribution in [2.75, 3.05) is 4.43 Å². The van der Waals surface area contributed by atoms with Crippen molar-refractivity contribution in [3.05, 3.63) is 0 Å². The summed E-state index contributed by atoms with van der Waals surface area (Å²) in [6.07, 6.45) is 0. The van der Waals surface area contributed by atoms with E-state index in [0.717, 1.165) is 0 Å². The van der Waals surface area contributed by atoms with E-state index in [1.807, 2.05) is 0 Å². The summed E-state index contributed by atoms with van der Waals surface area (Å²) in [5.74, 6) is -0.336. The number of hydrogen-bond donors (Lipinski definition) is 2. The fraction of sp³-hybridized carbons (Fsp3) is 0.800. The van der Waals surface area contributed by atoms with Crippen molar-refractivity contribution in [1.82, 2.24) is 5.48 Å². The van der Waals surface area contributed by atoms with E-state index in [0.29, 0.717) is 4.43 Å². The second-order valence-electron chi connectivity index (χ2n) is 2.46. The maximum atomic E-state index is 10.7. The van der Waals surface area contributed by atoms with Gasteiger partial charge in [-0.1, -0.05) is 36.4 Å². The van der Waals surface area contributed by atoms with Crippen LogP contribution in [0.15, 0.2) is 0 Å². The zero-order valence-electron chi connectivity index (χ0n) is 5.44. The largest absolute Gasteiger partial charge is 0.289 e. The van der Waals surface area contributed by atoms with Crippen LogP contribution in [0.4, 0.5) is 0 Å². The van der Waals surface area contributed by atoms with Gasteiger partial charge in [0.2, 0.25) is 5.91 Å². The van der Waals surface area contributed by atoms with Crippen molar-refractivity contribution in [1.29, 1.82) is 0 Å². The first-order valence-electron chi connectivity index (χ1n) is 2.55. The van der Waals surface area contributed by atoms with Gasteiger partial charge in [-0.2, -0.15) is 0 Å². The van der Waals surface area contributed by atoms with Gasteiger partial charge in [-0.25, -0.2) is 5.48 Å². The number of alkyl halides is 1. The van der Waals surface area contributed by atoms with E-state index in [1.165, 1.54) is 0 Å². The summed E-state index contributed by atoms with van der Waals surface area (Å²) in [6.45, 7) is 3.54. The topological polar surface area (TPSA) is 49.3 Å². The first kappa shape index (κ1) is 9.16. The van der Waals surface area contributed by atoms with Gasteiger partial charge in [0.15, 0.2) is 0 Å². The van der Waals surface area contributed by atoms with E-state index in [9.17, 15) is 4.79 Å². The van der Waals surface area contributed by atoms with Crippen molar-refractivity contribution in [3.63, 3.8) is 0 Å². The zero-order chi connectivity index (χ0) is 7.49. The van der Waals surface area contributed by atoms with Gasteiger partial charge >= 0.3 is 0 Å². The van der Waals surface area contributed by atoms with Crippen LogP contribution in [-0.2, 0) is 4.79 Å². The lowest BCUT2D eigenvalue weighted by molar-refractivity contribution is -0.136. The Balaban J connectivity index is 3.97. The molecule has 0 saturated carbocycles. The summed E-state index contributed by atoms with van der Waals surface area (Å²) in [7, 11) is 0. The molecule has 2 N–H and O–H groups in total. The minimum Gasteiger partial charge on any atom is -0.289 e. The SMILES string of the molecule is CC(C)(CI)C(=O)NO. The number of amides is 1. The summed E-state index contributed by atoms with van der Waals surface area (Å²) in [6, 6.07) is 0. The molecule has 0 fully saturated rings. The zero-order valence-corrected chi connectivity index (χ0v) is 7.60. The van der Waals surface area contributed by atoms with Crippen LogP contribution in [0, 0.1) is 5.41 Å². The monoisotopic (exact) mass is 243 g/mol. The molecule has 0 aromatic carbocycles. The molecule has 0 unspecified atom stereocenters. The average molecular weight is 243 g/mol. The first-order valence-corrected chi connectivity index (χ1v) is 4.07. The lowest BCUT2D eigenvalue weighted by atomic mass is 9.96. The quantitative estimate of drug-likeness (QED) is 0.328. The van der Waals surface area contributed by atoms with E-state index < -0.39 is 5.41 Å². The molecule has 0 heterocycles. The second kappa shape index (κ2) is 3.36. The lowest BCUT2D eigenvalue weighted by Crippen LogP contribution is -2.35. The number of carbonyl (C=O) groups excluding carboxylic acids is 1. The van der Waals surface area contributed by atoms with Crippen LogP contribution in [-0.4, -0.2) is 15.5 Å². The molecule has 0 atom stereocenters. The molecular weight excluding hydrogens is 233 g/mol. The van der Waals surface area contributed by atoms with E-state index in [4.69, 9.17) is 5.21 Å². The molecular formula is C5H10INO2. The molecule has 0 rings (SSSR count). The number of hydroxylamine groups is 1. The minimum atomic E-state index is -0.463. The van der Waals surface area contributed by atoms with Crippen molar-refractivity contribution >= 4 is 28.5 Å². The standard InChI is InChI=1S/C5H10INO2/c1-5(2,3-6)4(8)7-9/h9H,3H2,1-2H3,(H,7,8). The third-order valence-corrected chi connectivity index (χ3v) is 2.96. The molecule has 54 valence electrons. The lowest BCUT2D eigenvalue weighted by Gasteiger charge is -2.17. The molecule has 0 radical (unpaired) electrons. The Morgan fingerprint density at radius 3 is 2.33 bits per heavy atom. The fourth-order valence-electron chi connectivity index (χ4n) is 0.212. The second-order valence-corrected chi connectivity index (χ2v) is 3.22. The van der Waals surface area contributed by atoms with Crippen LogP contribution in [0.2, 0.25) is 0 Å². The maximum absolute atomic E-state index is 10.7. The Kier molecular flexibility index (Phi) is 3.42. The van der Waals surface area contributed by atoms with Crippen LogP contribution in [0.3, 0.4) is 0 Å². The normalized spacial score (nSPS) is 11.1. The Morgan fingerprint density at radius 2 is 2.22 bits per heavy atom. The molecule has 4 heteroatoms. The minimum absolute atomic E-state index is 0.336. The highest BCUT2D eigenvalue weighted by Crippen LogP contribution is 2.17. The van der Waals surface area contributed by atoms with E-state index in [1.54, 1.807) is 19.3 Å². The smallest absolute Gasteiger partial charge is 0.249 e. The third-order valence-electron chi connectivity index (χ3n) is 1.05. The number of nitrogens with one attached hydrogen (secondary N) is 1. The highest BCUT2D eigenvalue weighted by molar-refractivity contribution is 14.1. The van der Waals surface area contributed by atoms with Crippen molar-refractivity contribution in [2.24, 2.45) is 5.41 Å². The Bertz CT molecular complexity index is 114. The number of halogens is 1. The number of rotatable bonds is 2. The molecule has 0 saturated heterocycles. The summed E-state index contributed by atoms with van der Waals surface area (Å²) in [5, 5.41) is 8.20. The Labute approximate surface area is 67.9 Å². The summed E-state index contributed by atoms with van der Waals surface area (Å²) < 4.78 is 0.692. The predicted octanol–water partition coefficient (Wildman–Crippen LogP) is 0.953. The van der Waals surface area contributed by atoms with Gasteiger partial charge in [-0.15, -0.1) is 0 Å². The highest BCUT2D eigenvalue weighted by atomic mass is 127. The van der Waals surface area contributed by atoms with Crippen molar-refractivity contribution in [2.45, 2.75) is 13.8 Å². The van der Waals surface area contributed by atoms with Gasteiger partial charge in [0, 0.05) is 4.43 Å². The van der Waals surface area contributed by atoms with Crippen LogP contribution in [0.1, 0.15) is 13.8 Å². The van der Waals surface area contributed by atoms with E-state index in [2.05, 4.69) is 22.6 Å². The number of carbonyl (C=O) groups is 1. The average Bonchev–Trinajstić information content (AvgIpc) is 1.86. The van der Waals surface area contributed by atoms with E-state index in [-0.39, 0.29) is 5.91 Å². The number of hydrogen-bond acceptors (Lipinski definition) is 2. The molecule has 0 bridgehead atoms. The van der Waals surface area contributed by atoms with Crippen LogP contribution in [0.25, 0.3) is 0 Å². The van der Waals surface area contributed by atoms with Gasteiger partial charge in [0.05, 0.1) is 5.41 Å². The molecule has 0 aromatic rings. The molecule has 0 aliphatic heterocycles. The Morgan fingerprint density at radius 1 is 1.78 bits per heavy atom. The summed E-state index contributed by atoms with van der Waals surface area (Å²) in [4.78, 5) is 10.7. The van der Waals surface area contributed by atoms with Gasteiger partial charge in [0.25, 0.3) is 0 Å². The molecule has 0 aliphatic rings. The van der Waals surface area contributed by atoms with E-state index >= 15 is 0 Å². The summed E-state index contributed by atoms with van der Waals surface area (Å²) in [5.41, 5.74) is 1.15. The highest BCUT2D eigenvalue weighted by Gasteiger charge is 2.25. The van der Waals surface area contributed by atoms with Gasteiger partial charge in [-0.3, -0.25) is 10.0 Å². The molecule has 0 aromatic heterocycles. The molecule has 0 spiro atoms. The summed E-state index contributed by atoms with van der Waals surface area (Å²) >= 11 is 2.10. The molecule has 0 aliphatic carbocycles. The fourth-order valence-corrected chi connectivity index (χ4v) is 0.558. The van der Waals surface area contributed by atoms with Crippen LogP contribution >= 0.6 is 22.6 Å². The van der Waals surface area contributed by atoms with Crippen LogP contribution < -0.4 is 5.48 Å². The van der Waals surface area contributed by atoms with Crippen molar-refractivity contribution in [3.8, 4) is 0 Å². The Hall–Kier alpha value is 0.160.